The quantitative estimate of drug-likeness (QED) is 0.636. The van der Waals surface area contributed by atoms with E-state index >= 15 is 0 Å². The zero-order chi connectivity index (χ0) is 14.1. The molecule has 0 aliphatic heterocycles. The lowest BCUT2D eigenvalue weighted by Gasteiger charge is -2.10. The van der Waals surface area contributed by atoms with Gasteiger partial charge in [0.1, 0.15) is 5.75 Å². The fraction of sp³-hybridized carbons (Fsp3) is 0.400. The summed E-state index contributed by atoms with van der Waals surface area (Å²) in [4.78, 5) is 12.6. The molecule has 3 nitrogen and oxygen atoms in total. The summed E-state index contributed by atoms with van der Waals surface area (Å²) in [5.41, 5.74) is 0. The van der Waals surface area contributed by atoms with Crippen LogP contribution in [0.1, 0.15) is 26.7 Å². The fourth-order valence-electron chi connectivity index (χ4n) is 1.39. The Labute approximate surface area is 119 Å². The fourth-order valence-corrected chi connectivity index (χ4v) is 2.12. The number of hydrogen-bond donors (Lipinski definition) is 1. The Balaban J connectivity index is 2.57. The van der Waals surface area contributed by atoms with Crippen molar-refractivity contribution in [2.75, 3.05) is 6.61 Å². The van der Waals surface area contributed by atoms with Gasteiger partial charge in [0, 0.05) is 4.90 Å². The summed E-state index contributed by atoms with van der Waals surface area (Å²) in [7, 11) is 0. The Morgan fingerprint density at radius 1 is 1.53 bits per heavy atom. The molecule has 0 bridgehead atoms. The summed E-state index contributed by atoms with van der Waals surface area (Å²) in [6.45, 7) is 4.67. The van der Waals surface area contributed by atoms with Crippen molar-refractivity contribution >= 4 is 17.0 Å². The van der Waals surface area contributed by atoms with Crippen molar-refractivity contribution in [3.05, 3.63) is 24.3 Å². The molecular formula is C15H19NO2S. The maximum absolute atomic E-state index is 11.8. The number of ether oxygens (including phenoxy) is 1. The summed E-state index contributed by atoms with van der Waals surface area (Å²) in [5, 5.41) is 2.63. The molecule has 1 N–H and O–H groups in total. The predicted molar refractivity (Wildman–Crippen MR) is 79.5 cm³/mol. The molecule has 0 spiro atoms. The molecule has 0 saturated heterocycles. The average Bonchev–Trinajstić information content (AvgIpc) is 2.43. The molecule has 1 unspecified atom stereocenters. The highest BCUT2D eigenvalue weighted by Gasteiger charge is 2.09. The van der Waals surface area contributed by atoms with Gasteiger partial charge in [0.15, 0.2) is 0 Å². The Morgan fingerprint density at radius 2 is 2.32 bits per heavy atom. The van der Waals surface area contributed by atoms with Crippen LogP contribution < -0.4 is 10.1 Å². The Morgan fingerprint density at radius 3 is 2.95 bits per heavy atom. The first-order chi connectivity index (χ1) is 9.19. The summed E-state index contributed by atoms with van der Waals surface area (Å²) in [6, 6.07) is 7.28. The van der Waals surface area contributed by atoms with Crippen LogP contribution in [0.3, 0.4) is 0 Å². The lowest BCUT2D eigenvalue weighted by Crippen LogP contribution is -2.29. The third-order valence-electron chi connectivity index (χ3n) is 2.39. The molecule has 0 aromatic heterocycles. The average molecular weight is 277 g/mol. The van der Waals surface area contributed by atoms with Crippen molar-refractivity contribution in [3.8, 4) is 18.1 Å². The smallest absolute Gasteiger partial charge is 0.284 e. The van der Waals surface area contributed by atoms with E-state index in [2.05, 4.69) is 18.2 Å². The van der Waals surface area contributed by atoms with E-state index in [4.69, 9.17) is 11.2 Å². The maximum atomic E-state index is 11.8. The summed E-state index contributed by atoms with van der Waals surface area (Å²) < 4.78 is 5.52. The van der Waals surface area contributed by atoms with Gasteiger partial charge in [-0.25, -0.2) is 0 Å². The van der Waals surface area contributed by atoms with Crippen LogP contribution >= 0.6 is 11.8 Å². The predicted octanol–water partition coefficient (Wildman–Crippen LogP) is 3.69. The van der Waals surface area contributed by atoms with Crippen molar-refractivity contribution < 1.29 is 9.53 Å². The lowest BCUT2D eigenvalue weighted by molar-refractivity contribution is 0.259. The molecule has 0 fully saturated rings. The van der Waals surface area contributed by atoms with Crippen molar-refractivity contribution in [2.24, 2.45) is 0 Å². The minimum absolute atomic E-state index is 0.141. The van der Waals surface area contributed by atoms with Crippen LogP contribution in [0.4, 0.5) is 4.79 Å². The number of carbonyl (C=O) groups excluding carboxylic acids is 1. The molecule has 1 aromatic carbocycles. The number of thioether (sulfide) groups is 1. The van der Waals surface area contributed by atoms with E-state index in [1.165, 1.54) is 0 Å². The number of carbonyl (C=O) groups is 1. The molecule has 1 aromatic rings. The Hall–Kier alpha value is -1.60. The van der Waals surface area contributed by atoms with Crippen LogP contribution in [0.5, 0.6) is 5.75 Å². The van der Waals surface area contributed by atoms with E-state index in [1.54, 1.807) is 0 Å². The normalized spacial score (nSPS) is 11.4. The van der Waals surface area contributed by atoms with Gasteiger partial charge in [-0.1, -0.05) is 25.8 Å². The molecule has 0 radical (unpaired) electrons. The molecule has 0 saturated carbocycles. The molecule has 0 aliphatic rings. The van der Waals surface area contributed by atoms with Gasteiger partial charge in [-0.15, -0.1) is 6.42 Å². The van der Waals surface area contributed by atoms with Crippen molar-refractivity contribution in [2.45, 2.75) is 37.6 Å². The topological polar surface area (TPSA) is 38.3 Å². The Kier molecular flexibility index (Phi) is 6.91. The third-order valence-corrected chi connectivity index (χ3v) is 3.18. The van der Waals surface area contributed by atoms with Crippen LogP contribution in [-0.2, 0) is 0 Å². The maximum Gasteiger partial charge on any atom is 0.284 e. The molecule has 0 heterocycles. The van der Waals surface area contributed by atoms with Crippen LogP contribution in [0.15, 0.2) is 29.2 Å². The van der Waals surface area contributed by atoms with Gasteiger partial charge in [0.2, 0.25) is 0 Å². The summed E-state index contributed by atoms with van der Waals surface area (Å²) in [6.07, 6.45) is 6.99. The number of rotatable bonds is 6. The van der Waals surface area contributed by atoms with E-state index < -0.39 is 0 Å². The largest absolute Gasteiger partial charge is 0.494 e. The van der Waals surface area contributed by atoms with Crippen LogP contribution in [0.25, 0.3) is 0 Å². The standard InChI is InChI=1S/C15H19NO2S/c1-4-10-18-13-8-7-9-14(11-13)19-15(17)16-12(5-2)6-3/h2,7-9,11-12H,4,6,10H2,1,3H3,(H,16,17). The molecule has 1 atom stereocenters. The number of amides is 1. The van der Waals surface area contributed by atoms with Gasteiger partial charge in [0.05, 0.1) is 12.6 Å². The van der Waals surface area contributed by atoms with E-state index in [1.807, 2.05) is 31.2 Å². The zero-order valence-corrected chi connectivity index (χ0v) is 12.1. The monoisotopic (exact) mass is 277 g/mol. The highest BCUT2D eigenvalue weighted by Crippen LogP contribution is 2.23. The number of benzene rings is 1. The minimum atomic E-state index is -0.209. The van der Waals surface area contributed by atoms with Gasteiger partial charge < -0.3 is 10.1 Å². The van der Waals surface area contributed by atoms with Crippen LogP contribution in [-0.4, -0.2) is 17.9 Å². The summed E-state index contributed by atoms with van der Waals surface area (Å²) >= 11 is 1.12. The first kappa shape index (κ1) is 15.5. The van der Waals surface area contributed by atoms with Gasteiger partial charge in [-0.2, -0.15) is 0 Å². The highest BCUT2D eigenvalue weighted by molar-refractivity contribution is 8.13. The molecule has 102 valence electrons. The SMILES string of the molecule is C#CC(CC)NC(=O)Sc1cccc(OCCC)c1. The molecule has 1 amide bonds. The second-order valence-corrected chi connectivity index (χ2v) is 5.03. The van der Waals surface area contributed by atoms with E-state index in [9.17, 15) is 4.79 Å². The molecule has 4 heteroatoms. The molecule has 1 rings (SSSR count). The highest BCUT2D eigenvalue weighted by atomic mass is 32.2. The molecule has 0 aliphatic carbocycles. The molecule has 19 heavy (non-hydrogen) atoms. The number of hydrogen-bond acceptors (Lipinski definition) is 3. The van der Waals surface area contributed by atoms with Crippen molar-refractivity contribution in [1.29, 1.82) is 0 Å². The summed E-state index contributed by atoms with van der Waals surface area (Å²) in [5.74, 6) is 3.32. The second kappa shape index (κ2) is 8.49. The first-order valence-corrected chi connectivity index (χ1v) is 7.18. The molecular weight excluding hydrogens is 258 g/mol. The zero-order valence-electron chi connectivity index (χ0n) is 11.3. The Bertz CT molecular complexity index is 454. The third kappa shape index (κ3) is 5.71. The van der Waals surface area contributed by atoms with Gasteiger partial charge in [-0.3, -0.25) is 4.79 Å². The number of nitrogens with one attached hydrogen (secondary N) is 1. The van der Waals surface area contributed by atoms with E-state index in [0.29, 0.717) is 6.61 Å². The van der Waals surface area contributed by atoms with Gasteiger partial charge in [0.25, 0.3) is 5.24 Å². The van der Waals surface area contributed by atoms with Gasteiger partial charge in [-0.05, 0) is 42.8 Å². The first-order valence-electron chi connectivity index (χ1n) is 6.37. The van der Waals surface area contributed by atoms with Crippen molar-refractivity contribution in [1.82, 2.24) is 5.32 Å². The lowest BCUT2D eigenvalue weighted by atomic mass is 10.2. The van der Waals surface area contributed by atoms with Gasteiger partial charge >= 0.3 is 0 Å². The van der Waals surface area contributed by atoms with Crippen molar-refractivity contribution in [3.63, 3.8) is 0 Å². The second-order valence-electron chi connectivity index (χ2n) is 3.98. The minimum Gasteiger partial charge on any atom is -0.494 e. The number of terminal acetylenes is 1. The van der Waals surface area contributed by atoms with Crippen LogP contribution in [0.2, 0.25) is 0 Å². The van der Waals surface area contributed by atoms with Crippen LogP contribution in [0, 0.1) is 12.3 Å². The van der Waals surface area contributed by atoms with E-state index in [0.717, 1.165) is 35.2 Å². The van der Waals surface area contributed by atoms with E-state index in [-0.39, 0.29) is 11.3 Å².